The predicted molar refractivity (Wildman–Crippen MR) is 125 cm³/mol. The molecule has 0 amide bonds. The zero-order valence-corrected chi connectivity index (χ0v) is 19.4. The maximum absolute atomic E-state index is 10.6. The van der Waals surface area contributed by atoms with Gasteiger partial charge in [0.25, 0.3) is 0 Å². The zero-order valence-electron chi connectivity index (χ0n) is 18.6. The summed E-state index contributed by atoms with van der Waals surface area (Å²) in [7, 11) is 3.24. The smallest absolute Gasteiger partial charge is 0.203 e. The first-order chi connectivity index (χ1) is 14.5. The molecule has 0 aliphatic heterocycles. The molecule has 168 valence electrons. The number of methoxy groups -OCH3 is 2. The van der Waals surface area contributed by atoms with Gasteiger partial charge < -0.3 is 24.1 Å². The monoisotopic (exact) mass is 447 g/mol. The molecule has 0 unspecified atom stereocenters. The molecule has 0 fully saturated rings. The van der Waals surface area contributed by atoms with E-state index in [4.69, 9.17) is 18.9 Å². The fourth-order valence-corrected chi connectivity index (χ4v) is 3.33. The van der Waals surface area contributed by atoms with Crippen LogP contribution < -0.4 is 18.9 Å². The SMILES string of the molecule is CCOc1ccc2c(Cc3cc(OC)c(OCC(C)C)c(OC)c3)cncc2c1O.Cl. The maximum Gasteiger partial charge on any atom is 0.203 e. The minimum absolute atomic E-state index is 0. The number of hydrogen-bond acceptors (Lipinski definition) is 6. The van der Waals surface area contributed by atoms with Crippen LogP contribution >= 0.6 is 12.4 Å². The first-order valence-corrected chi connectivity index (χ1v) is 10.1. The molecule has 1 heterocycles. The van der Waals surface area contributed by atoms with Crippen LogP contribution in [0.3, 0.4) is 0 Å². The molecule has 3 rings (SSSR count). The second-order valence-corrected chi connectivity index (χ2v) is 7.45. The average Bonchev–Trinajstić information content (AvgIpc) is 2.74. The fraction of sp³-hybridized carbons (Fsp3) is 0.375. The van der Waals surface area contributed by atoms with Gasteiger partial charge in [0.05, 0.1) is 27.4 Å². The Hall–Kier alpha value is -2.86. The molecular weight excluding hydrogens is 418 g/mol. The highest BCUT2D eigenvalue weighted by Gasteiger charge is 2.17. The van der Waals surface area contributed by atoms with E-state index in [2.05, 4.69) is 18.8 Å². The number of ether oxygens (including phenoxy) is 4. The van der Waals surface area contributed by atoms with Gasteiger partial charge in [-0.15, -0.1) is 12.4 Å². The Morgan fingerprint density at radius 2 is 1.61 bits per heavy atom. The molecule has 0 spiro atoms. The molecule has 0 saturated heterocycles. The summed E-state index contributed by atoms with van der Waals surface area (Å²) in [5.74, 6) is 2.80. The fourth-order valence-electron chi connectivity index (χ4n) is 3.33. The number of benzene rings is 2. The van der Waals surface area contributed by atoms with Gasteiger partial charge >= 0.3 is 0 Å². The van der Waals surface area contributed by atoms with Crippen molar-refractivity contribution >= 4 is 23.2 Å². The Bertz CT molecular complexity index is 997. The van der Waals surface area contributed by atoms with E-state index in [0.717, 1.165) is 16.5 Å². The van der Waals surface area contributed by atoms with E-state index < -0.39 is 0 Å². The summed E-state index contributed by atoms with van der Waals surface area (Å²) in [6.45, 7) is 7.12. The lowest BCUT2D eigenvalue weighted by atomic mass is 9.99. The molecular formula is C24H30ClNO5. The van der Waals surface area contributed by atoms with Crippen molar-refractivity contribution in [2.24, 2.45) is 5.92 Å². The number of rotatable bonds is 9. The Labute approximate surface area is 189 Å². The summed E-state index contributed by atoms with van der Waals surface area (Å²) in [6.07, 6.45) is 4.06. The number of aromatic hydroxyl groups is 1. The van der Waals surface area contributed by atoms with E-state index in [-0.39, 0.29) is 18.2 Å². The molecule has 0 bridgehead atoms. The third kappa shape index (κ3) is 5.44. The van der Waals surface area contributed by atoms with Gasteiger partial charge in [0.2, 0.25) is 5.75 Å². The lowest BCUT2D eigenvalue weighted by Crippen LogP contribution is -2.07. The van der Waals surface area contributed by atoms with Crippen LogP contribution in [0.15, 0.2) is 36.7 Å². The van der Waals surface area contributed by atoms with Crippen LogP contribution in [0.2, 0.25) is 0 Å². The maximum atomic E-state index is 10.6. The number of phenols is 1. The van der Waals surface area contributed by atoms with Gasteiger partial charge in [-0.05, 0) is 54.0 Å². The highest BCUT2D eigenvalue weighted by atomic mass is 35.5. The molecule has 0 radical (unpaired) electrons. The lowest BCUT2D eigenvalue weighted by Gasteiger charge is -2.17. The second kappa shape index (κ2) is 11.0. The van der Waals surface area contributed by atoms with Crippen LogP contribution in [-0.4, -0.2) is 37.5 Å². The van der Waals surface area contributed by atoms with Crippen molar-refractivity contribution in [1.29, 1.82) is 0 Å². The van der Waals surface area contributed by atoms with Gasteiger partial charge in [-0.25, -0.2) is 0 Å². The van der Waals surface area contributed by atoms with Crippen molar-refractivity contribution in [3.8, 4) is 28.7 Å². The first kappa shape index (κ1) is 24.4. The molecule has 0 saturated carbocycles. The molecule has 0 atom stereocenters. The minimum atomic E-state index is 0. The summed E-state index contributed by atoms with van der Waals surface area (Å²) in [4.78, 5) is 4.32. The molecule has 6 nitrogen and oxygen atoms in total. The Balaban J connectivity index is 0.00000341. The lowest BCUT2D eigenvalue weighted by molar-refractivity contribution is 0.243. The highest BCUT2D eigenvalue weighted by molar-refractivity contribution is 5.92. The van der Waals surface area contributed by atoms with Crippen molar-refractivity contribution in [2.45, 2.75) is 27.2 Å². The van der Waals surface area contributed by atoms with Crippen LogP contribution in [0.1, 0.15) is 31.9 Å². The van der Waals surface area contributed by atoms with Gasteiger partial charge in [0, 0.05) is 17.8 Å². The molecule has 0 aliphatic rings. The van der Waals surface area contributed by atoms with Gasteiger partial charge in [-0.1, -0.05) is 19.9 Å². The Kier molecular flexibility index (Phi) is 8.63. The van der Waals surface area contributed by atoms with Crippen LogP contribution in [0.5, 0.6) is 28.7 Å². The van der Waals surface area contributed by atoms with Gasteiger partial charge in [0.15, 0.2) is 23.0 Å². The molecule has 7 heteroatoms. The van der Waals surface area contributed by atoms with E-state index in [0.29, 0.717) is 53.9 Å². The zero-order chi connectivity index (χ0) is 21.7. The number of phenolic OH excluding ortho intramolecular Hbond substituents is 1. The second-order valence-electron chi connectivity index (χ2n) is 7.45. The number of aromatic nitrogens is 1. The van der Waals surface area contributed by atoms with Crippen molar-refractivity contribution in [3.05, 3.63) is 47.8 Å². The summed E-state index contributed by atoms with van der Waals surface area (Å²) in [6, 6.07) is 7.64. The van der Waals surface area contributed by atoms with Crippen LogP contribution in [0.25, 0.3) is 10.8 Å². The quantitative estimate of drug-likeness (QED) is 0.473. The van der Waals surface area contributed by atoms with Crippen LogP contribution in [0.4, 0.5) is 0 Å². The standard InChI is InChI=1S/C24H29NO5.ClH/c1-6-29-20-8-7-18-17(12-25-13-19(18)23(20)26)9-16-10-21(27-4)24(22(11-16)28-5)30-14-15(2)3;/h7-8,10-13,15,26H,6,9,14H2,1-5H3;1H. The predicted octanol–water partition coefficient (Wildman–Crippen LogP) is 5.40. The number of halogens is 1. The third-order valence-corrected chi connectivity index (χ3v) is 4.74. The number of hydrogen-bond donors (Lipinski definition) is 1. The minimum Gasteiger partial charge on any atom is -0.504 e. The average molecular weight is 448 g/mol. The van der Waals surface area contributed by atoms with Crippen molar-refractivity contribution in [1.82, 2.24) is 4.98 Å². The molecule has 3 aromatic rings. The number of pyridine rings is 1. The van der Waals surface area contributed by atoms with Crippen LogP contribution in [0, 0.1) is 5.92 Å². The summed E-state index contributed by atoms with van der Waals surface area (Å²) < 4.78 is 22.6. The first-order valence-electron chi connectivity index (χ1n) is 10.1. The summed E-state index contributed by atoms with van der Waals surface area (Å²) in [5.41, 5.74) is 1.97. The van der Waals surface area contributed by atoms with Crippen molar-refractivity contribution in [2.75, 3.05) is 27.4 Å². The molecule has 1 N–H and O–H groups in total. The normalized spacial score (nSPS) is 10.6. The van der Waals surface area contributed by atoms with Crippen LogP contribution in [-0.2, 0) is 6.42 Å². The topological polar surface area (TPSA) is 70.0 Å². The Morgan fingerprint density at radius 3 is 2.19 bits per heavy atom. The van der Waals surface area contributed by atoms with E-state index in [1.54, 1.807) is 26.5 Å². The largest absolute Gasteiger partial charge is 0.504 e. The summed E-state index contributed by atoms with van der Waals surface area (Å²) >= 11 is 0. The highest BCUT2D eigenvalue weighted by Crippen LogP contribution is 2.40. The van der Waals surface area contributed by atoms with E-state index in [9.17, 15) is 5.11 Å². The van der Waals surface area contributed by atoms with Crippen molar-refractivity contribution < 1.29 is 24.1 Å². The Morgan fingerprint density at radius 1 is 0.935 bits per heavy atom. The number of nitrogens with zero attached hydrogens (tertiary/aromatic N) is 1. The van der Waals surface area contributed by atoms with E-state index >= 15 is 0 Å². The van der Waals surface area contributed by atoms with Gasteiger partial charge in [-0.3, -0.25) is 4.98 Å². The third-order valence-electron chi connectivity index (χ3n) is 4.74. The van der Waals surface area contributed by atoms with Gasteiger partial charge in [-0.2, -0.15) is 0 Å². The van der Waals surface area contributed by atoms with Crippen molar-refractivity contribution in [3.63, 3.8) is 0 Å². The number of fused-ring (bicyclic) bond motifs is 1. The van der Waals surface area contributed by atoms with E-state index in [1.807, 2.05) is 31.3 Å². The summed E-state index contributed by atoms with van der Waals surface area (Å²) in [5, 5.41) is 12.1. The molecule has 0 aliphatic carbocycles. The molecule has 31 heavy (non-hydrogen) atoms. The molecule has 1 aromatic heterocycles. The van der Waals surface area contributed by atoms with Gasteiger partial charge in [0.1, 0.15) is 0 Å². The van der Waals surface area contributed by atoms with E-state index in [1.165, 1.54) is 0 Å². The molecule has 2 aromatic carbocycles.